The number of hydrogen-bond donors (Lipinski definition) is 3. The summed E-state index contributed by atoms with van der Waals surface area (Å²) in [5.74, 6) is 0.608. The summed E-state index contributed by atoms with van der Waals surface area (Å²) in [5, 5.41) is 13.4. The van der Waals surface area contributed by atoms with E-state index < -0.39 is 7.04 Å². The van der Waals surface area contributed by atoms with E-state index in [1.54, 1.807) is 25.2 Å². The van der Waals surface area contributed by atoms with Gasteiger partial charge in [0.1, 0.15) is 22.9 Å². The normalized spacial score (nSPS) is 19.2. The van der Waals surface area contributed by atoms with Crippen LogP contribution in [-0.2, 0) is 4.74 Å². The molecule has 0 unspecified atom stereocenters. The fraction of sp³-hybridized carbons (Fsp3) is 0.400. The molecule has 0 aromatic carbocycles. The third-order valence-electron chi connectivity index (χ3n) is 5.61. The van der Waals surface area contributed by atoms with E-state index in [1.165, 1.54) is 16.9 Å². The first-order chi connectivity index (χ1) is 15.8. The fourth-order valence-electron chi connectivity index (χ4n) is 4.05. The van der Waals surface area contributed by atoms with Gasteiger partial charge < -0.3 is 25.4 Å². The zero-order chi connectivity index (χ0) is 23.2. The standard InChI is InChI=1S/C20H23N7O3/c1-21-16-6-15(25-14-4-3-5-22-19(14)29-2)26-17-13(9-23-27(16)17)18(28)24-12-7-20(8-12)10-30-11-20/h3-6,9,12,21H,7-8,10-11H2,1-2H3,(H,24,28)(H,25,26)/i2D3. The molecular weight excluding hydrogens is 386 g/mol. The molecule has 5 rings (SSSR count). The molecule has 1 saturated heterocycles. The number of amides is 1. The van der Waals surface area contributed by atoms with Gasteiger partial charge in [0.25, 0.3) is 5.91 Å². The number of carbonyl (C=O) groups is 1. The Morgan fingerprint density at radius 1 is 1.43 bits per heavy atom. The number of nitrogens with one attached hydrogen (secondary N) is 3. The lowest BCUT2D eigenvalue weighted by molar-refractivity contribution is -0.165. The number of ether oxygens (including phenoxy) is 2. The van der Waals surface area contributed by atoms with Gasteiger partial charge in [-0.2, -0.15) is 9.61 Å². The van der Waals surface area contributed by atoms with Gasteiger partial charge in [-0.25, -0.2) is 9.97 Å². The van der Waals surface area contributed by atoms with Crippen LogP contribution in [-0.4, -0.2) is 58.8 Å². The summed E-state index contributed by atoms with van der Waals surface area (Å²) in [4.78, 5) is 21.5. The third-order valence-corrected chi connectivity index (χ3v) is 5.61. The van der Waals surface area contributed by atoms with Gasteiger partial charge in [0.05, 0.1) is 30.6 Å². The monoisotopic (exact) mass is 412 g/mol. The second-order valence-electron chi connectivity index (χ2n) is 7.72. The van der Waals surface area contributed by atoms with Crippen molar-refractivity contribution in [2.75, 3.05) is 37.9 Å². The fourth-order valence-corrected chi connectivity index (χ4v) is 4.05. The Hall–Kier alpha value is -3.40. The molecule has 10 heteroatoms. The average molecular weight is 412 g/mol. The molecule has 0 bridgehead atoms. The Bertz CT molecular complexity index is 1200. The number of carbonyl (C=O) groups excluding carboxylic acids is 1. The molecule has 156 valence electrons. The van der Waals surface area contributed by atoms with Crippen LogP contribution in [0, 0.1) is 5.41 Å². The second-order valence-corrected chi connectivity index (χ2v) is 7.72. The Balaban J connectivity index is 1.41. The van der Waals surface area contributed by atoms with Crippen LogP contribution in [0.4, 0.5) is 17.3 Å². The Morgan fingerprint density at radius 2 is 2.30 bits per heavy atom. The van der Waals surface area contributed by atoms with Crippen molar-refractivity contribution in [1.82, 2.24) is 24.9 Å². The largest absolute Gasteiger partial charge is 0.480 e. The minimum Gasteiger partial charge on any atom is -0.480 e. The number of nitrogens with zero attached hydrogens (tertiary/aromatic N) is 4. The third kappa shape index (κ3) is 3.09. The summed E-state index contributed by atoms with van der Waals surface area (Å²) in [6, 6.07) is 5.05. The summed E-state index contributed by atoms with van der Waals surface area (Å²) in [5.41, 5.74) is 1.25. The van der Waals surface area contributed by atoms with E-state index in [-0.39, 0.29) is 23.2 Å². The van der Waals surface area contributed by atoms with Gasteiger partial charge in [0.15, 0.2) is 5.65 Å². The molecule has 1 amide bonds. The van der Waals surface area contributed by atoms with E-state index in [0.717, 1.165) is 26.1 Å². The van der Waals surface area contributed by atoms with Crippen LogP contribution in [0.5, 0.6) is 5.88 Å². The molecule has 1 spiro atoms. The molecular formula is C20H23N7O3. The van der Waals surface area contributed by atoms with Gasteiger partial charge in [-0.3, -0.25) is 4.79 Å². The van der Waals surface area contributed by atoms with Crippen LogP contribution in [0.1, 0.15) is 27.3 Å². The van der Waals surface area contributed by atoms with Crippen molar-refractivity contribution >= 4 is 28.9 Å². The topological polar surface area (TPSA) is 115 Å². The lowest BCUT2D eigenvalue weighted by Gasteiger charge is -2.53. The quantitative estimate of drug-likeness (QED) is 0.562. The minimum absolute atomic E-state index is 0.0875. The second kappa shape index (κ2) is 7.13. The number of fused-ring (bicyclic) bond motifs is 1. The summed E-state index contributed by atoms with van der Waals surface area (Å²) in [6.07, 6.45) is 4.73. The van der Waals surface area contributed by atoms with Gasteiger partial charge in [0, 0.05) is 30.8 Å². The zero-order valence-corrected chi connectivity index (χ0v) is 16.3. The van der Waals surface area contributed by atoms with E-state index in [1.807, 2.05) is 0 Å². The van der Waals surface area contributed by atoms with Crippen molar-refractivity contribution in [3.8, 4) is 5.88 Å². The van der Waals surface area contributed by atoms with Crippen LogP contribution in [0.15, 0.2) is 30.6 Å². The molecule has 2 aliphatic rings. The van der Waals surface area contributed by atoms with E-state index in [2.05, 4.69) is 31.0 Å². The van der Waals surface area contributed by atoms with Crippen LogP contribution in [0.25, 0.3) is 5.65 Å². The lowest BCUT2D eigenvalue weighted by atomic mass is 9.64. The molecule has 3 N–H and O–H groups in total. The number of rotatable bonds is 6. The maximum atomic E-state index is 13.0. The molecule has 3 aromatic heterocycles. The van der Waals surface area contributed by atoms with Crippen LogP contribution in [0.2, 0.25) is 0 Å². The summed E-state index contributed by atoms with van der Waals surface area (Å²) in [7, 11) is -0.928. The van der Waals surface area contributed by atoms with Crippen LogP contribution in [0.3, 0.4) is 0 Å². The van der Waals surface area contributed by atoms with E-state index in [9.17, 15) is 4.79 Å². The van der Waals surface area contributed by atoms with Gasteiger partial charge in [-0.05, 0) is 25.0 Å². The number of anilines is 3. The highest BCUT2D eigenvalue weighted by molar-refractivity contribution is 6.00. The highest BCUT2D eigenvalue weighted by atomic mass is 16.5. The number of hydrogen-bond acceptors (Lipinski definition) is 8. The van der Waals surface area contributed by atoms with Gasteiger partial charge >= 0.3 is 0 Å². The Morgan fingerprint density at radius 3 is 3.03 bits per heavy atom. The maximum absolute atomic E-state index is 13.0. The first-order valence-corrected chi connectivity index (χ1v) is 9.61. The molecule has 30 heavy (non-hydrogen) atoms. The first-order valence-electron chi connectivity index (χ1n) is 11.1. The van der Waals surface area contributed by atoms with Crippen molar-refractivity contribution < 1.29 is 18.4 Å². The number of methoxy groups -OCH3 is 1. The first kappa shape index (κ1) is 15.4. The van der Waals surface area contributed by atoms with E-state index in [4.69, 9.17) is 13.6 Å². The molecule has 3 aromatic rings. The van der Waals surface area contributed by atoms with Gasteiger partial charge in [-0.1, -0.05) is 0 Å². The predicted molar refractivity (Wildman–Crippen MR) is 110 cm³/mol. The number of aromatic nitrogens is 4. The van der Waals surface area contributed by atoms with Crippen molar-refractivity contribution in [1.29, 1.82) is 0 Å². The summed E-state index contributed by atoms with van der Waals surface area (Å²) in [6.45, 7) is 1.53. The predicted octanol–water partition coefficient (Wildman–Crippen LogP) is 1.83. The molecule has 0 atom stereocenters. The summed E-state index contributed by atoms with van der Waals surface area (Å²) >= 11 is 0. The molecule has 0 radical (unpaired) electrons. The number of pyridine rings is 1. The summed E-state index contributed by atoms with van der Waals surface area (Å²) < 4.78 is 33.8. The van der Waals surface area contributed by atoms with Crippen molar-refractivity contribution in [3.05, 3.63) is 36.2 Å². The lowest BCUT2D eigenvalue weighted by Crippen LogP contribution is -2.59. The molecule has 10 nitrogen and oxygen atoms in total. The van der Waals surface area contributed by atoms with E-state index in [0.29, 0.717) is 28.5 Å². The van der Waals surface area contributed by atoms with Gasteiger partial charge in [0.2, 0.25) is 5.88 Å². The zero-order valence-electron chi connectivity index (χ0n) is 19.3. The highest BCUT2D eigenvalue weighted by Crippen LogP contribution is 2.46. The van der Waals surface area contributed by atoms with Crippen molar-refractivity contribution in [2.45, 2.75) is 18.9 Å². The Kier molecular flexibility index (Phi) is 3.67. The molecule has 1 aliphatic carbocycles. The minimum atomic E-state index is -2.65. The SMILES string of the molecule is [2H]C([2H])([2H])Oc1ncccc1Nc1cc(NC)n2ncc(C(=O)NC3CC4(COC4)C3)c2n1. The molecule has 1 saturated carbocycles. The van der Waals surface area contributed by atoms with E-state index >= 15 is 0 Å². The Labute approximate surface area is 177 Å². The highest BCUT2D eigenvalue weighted by Gasteiger charge is 2.50. The van der Waals surface area contributed by atoms with Crippen molar-refractivity contribution in [2.24, 2.45) is 5.41 Å². The van der Waals surface area contributed by atoms with Crippen molar-refractivity contribution in [3.63, 3.8) is 0 Å². The average Bonchev–Trinajstić information content (AvgIpc) is 3.12. The molecule has 2 fully saturated rings. The van der Waals surface area contributed by atoms with Crippen LogP contribution < -0.4 is 20.7 Å². The molecule has 1 aliphatic heterocycles. The van der Waals surface area contributed by atoms with Crippen LogP contribution >= 0.6 is 0 Å². The maximum Gasteiger partial charge on any atom is 0.256 e. The smallest absolute Gasteiger partial charge is 0.256 e. The molecule has 4 heterocycles. The van der Waals surface area contributed by atoms with Gasteiger partial charge in [-0.15, -0.1) is 0 Å².